The lowest BCUT2D eigenvalue weighted by Gasteiger charge is -2.23. The molecule has 2 aromatic rings. The van der Waals surface area contributed by atoms with Gasteiger partial charge in [0.15, 0.2) is 12.0 Å². The van der Waals surface area contributed by atoms with Gasteiger partial charge in [-0.1, -0.05) is 24.3 Å². The van der Waals surface area contributed by atoms with Gasteiger partial charge >= 0.3 is 0 Å². The van der Waals surface area contributed by atoms with Gasteiger partial charge < -0.3 is 19.3 Å². The number of hydrogen-bond acceptors (Lipinski definition) is 4. The molecule has 2 heterocycles. The number of hydrogen-bond donors (Lipinski definition) is 0. The number of rotatable bonds is 3. The van der Waals surface area contributed by atoms with Gasteiger partial charge in [0.05, 0.1) is 11.4 Å². The molecule has 0 aromatic heterocycles. The van der Waals surface area contributed by atoms with Gasteiger partial charge in [-0.05, 0) is 38.1 Å². The van der Waals surface area contributed by atoms with Crippen molar-refractivity contribution in [1.29, 1.82) is 0 Å². The molecule has 4 rings (SSSR count). The first-order chi connectivity index (χ1) is 11.3. The van der Waals surface area contributed by atoms with Crippen molar-refractivity contribution in [2.24, 2.45) is 0 Å². The zero-order valence-electron chi connectivity index (χ0n) is 13.4. The summed E-state index contributed by atoms with van der Waals surface area (Å²) in [6.45, 7) is 6.00. The maximum absolute atomic E-state index is 6.11. The molecule has 0 bridgehead atoms. The largest absolute Gasteiger partial charge is 0.465 e. The first kappa shape index (κ1) is 14.0. The molecule has 0 fully saturated rings. The van der Waals surface area contributed by atoms with Crippen molar-refractivity contribution in [2.75, 3.05) is 22.9 Å². The van der Waals surface area contributed by atoms with E-state index in [2.05, 4.69) is 41.9 Å². The second-order valence-corrected chi connectivity index (χ2v) is 5.58. The van der Waals surface area contributed by atoms with E-state index in [-0.39, 0.29) is 6.23 Å². The van der Waals surface area contributed by atoms with Crippen LogP contribution in [-0.4, -0.2) is 19.3 Å². The number of para-hydroxylation sites is 4. The molecule has 0 saturated heterocycles. The van der Waals surface area contributed by atoms with Gasteiger partial charge in [0.1, 0.15) is 5.75 Å². The van der Waals surface area contributed by atoms with E-state index in [1.807, 2.05) is 36.4 Å². The van der Waals surface area contributed by atoms with Gasteiger partial charge in [-0.2, -0.15) is 0 Å². The van der Waals surface area contributed by atoms with E-state index >= 15 is 0 Å². The van der Waals surface area contributed by atoms with Gasteiger partial charge in [0, 0.05) is 19.2 Å². The predicted molar refractivity (Wildman–Crippen MR) is 92.1 cm³/mol. The van der Waals surface area contributed by atoms with Gasteiger partial charge in [-0.3, -0.25) is 0 Å². The molecule has 1 unspecified atom stereocenters. The summed E-state index contributed by atoms with van der Waals surface area (Å²) < 4.78 is 12.2. The highest BCUT2D eigenvalue weighted by molar-refractivity contribution is 5.67. The lowest BCUT2D eigenvalue weighted by Crippen LogP contribution is -2.34. The Labute approximate surface area is 136 Å². The summed E-state index contributed by atoms with van der Waals surface area (Å²) in [5.41, 5.74) is 2.25. The Morgan fingerprint density at radius 2 is 1.61 bits per heavy atom. The van der Waals surface area contributed by atoms with Crippen LogP contribution in [0.1, 0.15) is 13.8 Å². The maximum atomic E-state index is 6.11. The summed E-state index contributed by atoms with van der Waals surface area (Å²) in [7, 11) is 0. The second kappa shape index (κ2) is 5.54. The van der Waals surface area contributed by atoms with Crippen molar-refractivity contribution in [1.82, 2.24) is 0 Å². The quantitative estimate of drug-likeness (QED) is 0.856. The highest BCUT2D eigenvalue weighted by Gasteiger charge is 2.32. The highest BCUT2D eigenvalue weighted by Crippen LogP contribution is 2.41. The molecule has 0 spiro atoms. The molecule has 2 aliphatic heterocycles. The van der Waals surface area contributed by atoms with Crippen LogP contribution >= 0.6 is 0 Å². The van der Waals surface area contributed by atoms with Crippen LogP contribution in [0.2, 0.25) is 0 Å². The van der Waals surface area contributed by atoms with E-state index in [9.17, 15) is 0 Å². The van der Waals surface area contributed by atoms with E-state index in [0.29, 0.717) is 0 Å². The molecule has 2 aromatic carbocycles. The van der Waals surface area contributed by atoms with Crippen LogP contribution < -0.4 is 19.3 Å². The molecule has 4 nitrogen and oxygen atoms in total. The Bertz CT molecular complexity index is 757. The lowest BCUT2D eigenvalue weighted by molar-refractivity contribution is 0.267. The number of nitrogens with zero attached hydrogens (tertiary/aromatic N) is 2. The summed E-state index contributed by atoms with van der Waals surface area (Å²) in [5.74, 6) is 2.67. The average Bonchev–Trinajstić information content (AvgIpc) is 3.11. The standard InChI is InChI=1S/C19H20N2O2/c1-3-20-14-9-5-7-11-16(14)22-18(20)13-19-21(4-2)15-10-6-8-12-17(15)23-19/h5-13,18H,3-4H2,1-2H3/b19-13-. The van der Waals surface area contributed by atoms with Crippen molar-refractivity contribution in [2.45, 2.75) is 20.1 Å². The van der Waals surface area contributed by atoms with Crippen LogP contribution in [0.15, 0.2) is 60.5 Å². The van der Waals surface area contributed by atoms with Crippen LogP contribution in [0.3, 0.4) is 0 Å². The van der Waals surface area contributed by atoms with Crippen molar-refractivity contribution >= 4 is 11.4 Å². The first-order valence-electron chi connectivity index (χ1n) is 8.10. The second-order valence-electron chi connectivity index (χ2n) is 5.58. The zero-order chi connectivity index (χ0) is 15.8. The molecule has 0 saturated carbocycles. The number of ether oxygens (including phenoxy) is 2. The van der Waals surface area contributed by atoms with E-state index in [1.165, 1.54) is 0 Å². The summed E-state index contributed by atoms with van der Waals surface area (Å²) >= 11 is 0. The normalized spacial score (nSPS) is 20.3. The topological polar surface area (TPSA) is 24.9 Å². The van der Waals surface area contributed by atoms with Gasteiger partial charge in [0.25, 0.3) is 0 Å². The van der Waals surface area contributed by atoms with Crippen LogP contribution in [0.5, 0.6) is 11.5 Å². The monoisotopic (exact) mass is 308 g/mol. The smallest absolute Gasteiger partial charge is 0.202 e. The maximum Gasteiger partial charge on any atom is 0.202 e. The third-order valence-electron chi connectivity index (χ3n) is 4.31. The zero-order valence-corrected chi connectivity index (χ0v) is 13.4. The fourth-order valence-electron chi connectivity index (χ4n) is 3.22. The van der Waals surface area contributed by atoms with Crippen LogP contribution in [0.4, 0.5) is 11.4 Å². The van der Waals surface area contributed by atoms with Gasteiger partial charge in [-0.15, -0.1) is 0 Å². The van der Waals surface area contributed by atoms with E-state index in [4.69, 9.17) is 9.47 Å². The fraction of sp³-hybridized carbons (Fsp3) is 0.263. The Hall–Kier alpha value is -2.62. The lowest BCUT2D eigenvalue weighted by atomic mass is 10.2. The summed E-state index contributed by atoms with van der Waals surface area (Å²) in [4.78, 5) is 4.41. The van der Waals surface area contributed by atoms with Crippen LogP contribution in [0, 0.1) is 0 Å². The van der Waals surface area contributed by atoms with Crippen LogP contribution in [0.25, 0.3) is 0 Å². The minimum absolute atomic E-state index is 0.143. The molecule has 0 aliphatic carbocycles. The predicted octanol–water partition coefficient (Wildman–Crippen LogP) is 3.99. The van der Waals surface area contributed by atoms with E-state index < -0.39 is 0 Å². The number of fused-ring (bicyclic) bond motifs is 2. The van der Waals surface area contributed by atoms with Crippen LogP contribution in [-0.2, 0) is 0 Å². The minimum atomic E-state index is -0.143. The van der Waals surface area contributed by atoms with Gasteiger partial charge in [-0.25, -0.2) is 0 Å². The Morgan fingerprint density at radius 3 is 2.35 bits per heavy atom. The van der Waals surface area contributed by atoms with Crippen molar-refractivity contribution in [3.63, 3.8) is 0 Å². The third-order valence-corrected chi connectivity index (χ3v) is 4.31. The summed E-state index contributed by atoms with van der Waals surface area (Å²) in [6, 6.07) is 16.3. The molecule has 1 atom stereocenters. The summed E-state index contributed by atoms with van der Waals surface area (Å²) in [5, 5.41) is 0. The number of likely N-dealkylation sites (N-methyl/N-ethyl adjacent to an activating group) is 1. The number of anilines is 2. The Balaban J connectivity index is 1.67. The molecule has 118 valence electrons. The van der Waals surface area contributed by atoms with E-state index in [0.717, 1.165) is 41.8 Å². The van der Waals surface area contributed by atoms with Crippen molar-refractivity contribution in [3.8, 4) is 11.5 Å². The molecule has 0 amide bonds. The minimum Gasteiger partial charge on any atom is -0.465 e. The fourth-order valence-corrected chi connectivity index (χ4v) is 3.22. The van der Waals surface area contributed by atoms with Crippen molar-refractivity contribution < 1.29 is 9.47 Å². The molecule has 0 radical (unpaired) electrons. The third kappa shape index (κ3) is 2.22. The summed E-state index contributed by atoms with van der Waals surface area (Å²) in [6.07, 6.45) is 1.92. The van der Waals surface area contributed by atoms with Crippen molar-refractivity contribution in [3.05, 3.63) is 60.5 Å². The molecule has 0 N–H and O–H groups in total. The Kier molecular flexibility index (Phi) is 3.37. The molecular formula is C19H20N2O2. The first-order valence-corrected chi connectivity index (χ1v) is 8.10. The van der Waals surface area contributed by atoms with E-state index in [1.54, 1.807) is 0 Å². The SMILES string of the molecule is CCN1/C(=C/C2Oc3ccccc3N2CC)Oc2ccccc21. The van der Waals surface area contributed by atoms with Gasteiger partial charge in [0.2, 0.25) is 5.88 Å². The average molecular weight is 308 g/mol. The molecule has 4 heteroatoms. The number of benzene rings is 2. The molecule has 2 aliphatic rings. The highest BCUT2D eigenvalue weighted by atomic mass is 16.5. The molecular weight excluding hydrogens is 288 g/mol. The Morgan fingerprint density at radius 1 is 0.913 bits per heavy atom. The molecule has 23 heavy (non-hydrogen) atoms.